The van der Waals surface area contributed by atoms with Gasteiger partial charge in [-0.05, 0) is 75.1 Å². The van der Waals surface area contributed by atoms with Crippen LogP contribution >= 0.6 is 0 Å². The number of aliphatic hydroxyl groups excluding tert-OH is 1. The van der Waals surface area contributed by atoms with Gasteiger partial charge in [-0.2, -0.15) is 0 Å². The lowest BCUT2D eigenvalue weighted by Gasteiger charge is -2.24. The molecule has 1 aliphatic carbocycles. The normalized spacial score (nSPS) is 14.9. The summed E-state index contributed by atoms with van der Waals surface area (Å²) in [6.45, 7) is 10.6. The lowest BCUT2D eigenvalue weighted by Crippen LogP contribution is -2.46. The van der Waals surface area contributed by atoms with Crippen molar-refractivity contribution in [3.63, 3.8) is 0 Å². The fraction of sp³-hybridized carbons (Fsp3) is 0.467. The number of anilines is 1. The number of amides is 2. The molecule has 3 aromatic rings. The second-order valence-corrected chi connectivity index (χ2v) is 12.1. The minimum absolute atomic E-state index is 0.0845. The number of carbonyl (C=O) groups is 2. The van der Waals surface area contributed by atoms with E-state index in [0.29, 0.717) is 43.5 Å². The van der Waals surface area contributed by atoms with Gasteiger partial charge in [0.05, 0.1) is 17.6 Å². The summed E-state index contributed by atoms with van der Waals surface area (Å²) >= 11 is 0. The van der Waals surface area contributed by atoms with Crippen LogP contribution in [0.15, 0.2) is 42.5 Å². The highest BCUT2D eigenvalue weighted by molar-refractivity contribution is 6.02. The Kier molecular flexibility index (Phi) is 7.23. The first-order chi connectivity index (χ1) is 17.8. The van der Waals surface area contributed by atoms with Crippen LogP contribution in [0.3, 0.4) is 0 Å². The Labute approximate surface area is 223 Å². The first-order valence-electron chi connectivity index (χ1n) is 13.2. The summed E-state index contributed by atoms with van der Waals surface area (Å²) in [6, 6.07) is 12.6. The summed E-state index contributed by atoms with van der Waals surface area (Å²) < 4.78 is 2.24. The standard InChI is InChI=1S/C30H39N3O5/c1-28(2,3)25-16-19-15-21(31-27(38)30(12-13-30)20-8-11-23(35)24(36)17-20)9-10-22(19)33(25)14-6-7-26(37)32-29(4,5)18-34/h8-11,15-17,34-36H,6-7,12-14,18H2,1-5H3,(H,31,38)(H,32,37). The third-order valence-electron chi connectivity index (χ3n) is 7.30. The molecule has 0 radical (unpaired) electrons. The molecule has 4 rings (SSSR count). The van der Waals surface area contributed by atoms with Gasteiger partial charge >= 0.3 is 0 Å². The first-order valence-corrected chi connectivity index (χ1v) is 13.2. The molecule has 2 amide bonds. The predicted octanol–water partition coefficient (Wildman–Crippen LogP) is 4.69. The van der Waals surface area contributed by atoms with E-state index in [4.69, 9.17) is 0 Å². The van der Waals surface area contributed by atoms with Gasteiger partial charge in [0, 0.05) is 40.7 Å². The van der Waals surface area contributed by atoms with E-state index in [1.807, 2.05) is 18.2 Å². The summed E-state index contributed by atoms with van der Waals surface area (Å²) in [4.78, 5) is 25.6. The number of phenols is 2. The van der Waals surface area contributed by atoms with Gasteiger partial charge in [-0.3, -0.25) is 9.59 Å². The number of hydrogen-bond donors (Lipinski definition) is 5. The maximum Gasteiger partial charge on any atom is 0.235 e. The van der Waals surface area contributed by atoms with Crippen molar-refractivity contribution in [3.8, 4) is 11.5 Å². The Morgan fingerprint density at radius 3 is 2.29 bits per heavy atom. The highest BCUT2D eigenvalue weighted by atomic mass is 16.3. The SMILES string of the molecule is CC(C)(CO)NC(=O)CCCn1c(C(C)(C)C)cc2cc(NC(=O)C3(c4ccc(O)c(O)c4)CC3)ccc21. The molecular weight excluding hydrogens is 482 g/mol. The molecule has 2 aromatic carbocycles. The second kappa shape index (κ2) is 9.98. The molecule has 8 nitrogen and oxygen atoms in total. The van der Waals surface area contributed by atoms with Crippen molar-refractivity contribution >= 4 is 28.4 Å². The molecule has 1 saturated carbocycles. The van der Waals surface area contributed by atoms with Crippen molar-refractivity contribution in [2.75, 3.05) is 11.9 Å². The minimum Gasteiger partial charge on any atom is -0.504 e. The van der Waals surface area contributed by atoms with Gasteiger partial charge in [-0.1, -0.05) is 26.8 Å². The fourth-order valence-corrected chi connectivity index (χ4v) is 4.93. The van der Waals surface area contributed by atoms with Crippen LogP contribution in [-0.2, 0) is 27.0 Å². The fourth-order valence-electron chi connectivity index (χ4n) is 4.93. The quantitative estimate of drug-likeness (QED) is 0.262. The number of aliphatic hydroxyl groups is 1. The number of rotatable bonds is 9. The van der Waals surface area contributed by atoms with E-state index >= 15 is 0 Å². The molecule has 0 atom stereocenters. The average molecular weight is 522 g/mol. The van der Waals surface area contributed by atoms with Gasteiger partial charge in [-0.15, -0.1) is 0 Å². The van der Waals surface area contributed by atoms with Gasteiger partial charge in [0.25, 0.3) is 0 Å². The molecule has 0 aliphatic heterocycles. The van der Waals surface area contributed by atoms with Crippen LogP contribution in [0, 0.1) is 0 Å². The Balaban J connectivity index is 1.52. The zero-order chi connectivity index (χ0) is 27.9. The van der Waals surface area contributed by atoms with Crippen molar-refractivity contribution in [1.29, 1.82) is 0 Å². The monoisotopic (exact) mass is 521 g/mol. The highest BCUT2D eigenvalue weighted by Crippen LogP contribution is 2.50. The lowest BCUT2D eigenvalue weighted by atomic mass is 9.92. The Bertz CT molecular complexity index is 1360. The van der Waals surface area contributed by atoms with E-state index in [1.54, 1.807) is 19.9 Å². The van der Waals surface area contributed by atoms with E-state index in [0.717, 1.165) is 16.6 Å². The summed E-state index contributed by atoms with van der Waals surface area (Å²) in [6.07, 6.45) is 2.37. The molecule has 38 heavy (non-hydrogen) atoms. The van der Waals surface area contributed by atoms with Crippen molar-refractivity contribution in [1.82, 2.24) is 9.88 Å². The van der Waals surface area contributed by atoms with Crippen LogP contribution in [0.4, 0.5) is 5.69 Å². The number of nitrogens with zero attached hydrogens (tertiary/aromatic N) is 1. The van der Waals surface area contributed by atoms with Gasteiger partial charge in [-0.25, -0.2) is 0 Å². The van der Waals surface area contributed by atoms with E-state index in [1.165, 1.54) is 12.1 Å². The largest absolute Gasteiger partial charge is 0.504 e. The molecule has 1 fully saturated rings. The van der Waals surface area contributed by atoms with Crippen molar-refractivity contribution in [2.45, 2.75) is 83.2 Å². The smallest absolute Gasteiger partial charge is 0.235 e. The lowest BCUT2D eigenvalue weighted by molar-refractivity contribution is -0.123. The maximum absolute atomic E-state index is 13.3. The van der Waals surface area contributed by atoms with Crippen LogP contribution in [0.2, 0.25) is 0 Å². The number of carbonyl (C=O) groups excluding carboxylic acids is 2. The van der Waals surface area contributed by atoms with E-state index in [2.05, 4.69) is 42.0 Å². The van der Waals surface area contributed by atoms with Crippen LogP contribution in [0.1, 0.15) is 71.6 Å². The molecule has 1 aliphatic rings. The summed E-state index contributed by atoms with van der Waals surface area (Å²) in [7, 11) is 0. The zero-order valence-electron chi connectivity index (χ0n) is 22.9. The number of benzene rings is 2. The summed E-state index contributed by atoms with van der Waals surface area (Å²) in [5.74, 6) is -0.647. The average Bonchev–Trinajstić information content (AvgIpc) is 3.56. The third-order valence-corrected chi connectivity index (χ3v) is 7.30. The number of aryl methyl sites for hydroxylation is 1. The topological polar surface area (TPSA) is 124 Å². The number of aromatic hydroxyl groups is 2. The molecule has 5 N–H and O–H groups in total. The van der Waals surface area contributed by atoms with Gasteiger partial charge < -0.3 is 30.5 Å². The van der Waals surface area contributed by atoms with Crippen LogP contribution in [0.25, 0.3) is 10.9 Å². The second-order valence-electron chi connectivity index (χ2n) is 12.1. The third kappa shape index (κ3) is 5.65. The van der Waals surface area contributed by atoms with E-state index in [9.17, 15) is 24.9 Å². The molecular formula is C30H39N3O5. The van der Waals surface area contributed by atoms with Gasteiger partial charge in [0.2, 0.25) is 11.8 Å². The number of nitrogens with one attached hydrogen (secondary N) is 2. The molecule has 0 bridgehead atoms. The van der Waals surface area contributed by atoms with Crippen LogP contribution in [-0.4, -0.2) is 43.8 Å². The zero-order valence-corrected chi connectivity index (χ0v) is 22.9. The van der Waals surface area contributed by atoms with Gasteiger partial charge in [0.15, 0.2) is 11.5 Å². The molecule has 0 saturated heterocycles. The Hall–Kier alpha value is -3.52. The summed E-state index contributed by atoms with van der Waals surface area (Å²) in [5.41, 5.74) is 2.10. The summed E-state index contributed by atoms with van der Waals surface area (Å²) in [5, 5.41) is 35.9. The van der Waals surface area contributed by atoms with E-state index in [-0.39, 0.29) is 35.3 Å². The Morgan fingerprint density at radius 1 is 0.974 bits per heavy atom. The van der Waals surface area contributed by atoms with E-state index < -0.39 is 11.0 Å². The molecule has 8 heteroatoms. The molecule has 204 valence electrons. The number of aromatic nitrogens is 1. The highest BCUT2D eigenvalue weighted by Gasteiger charge is 2.51. The van der Waals surface area contributed by atoms with Gasteiger partial charge in [0.1, 0.15) is 0 Å². The molecule has 1 aromatic heterocycles. The number of phenolic OH excluding ortho intramolecular Hbond substituents is 2. The maximum atomic E-state index is 13.3. The minimum atomic E-state index is -0.701. The molecule has 0 spiro atoms. The van der Waals surface area contributed by atoms with Crippen LogP contribution < -0.4 is 10.6 Å². The van der Waals surface area contributed by atoms with Crippen molar-refractivity contribution in [3.05, 3.63) is 53.7 Å². The molecule has 1 heterocycles. The molecule has 0 unspecified atom stereocenters. The van der Waals surface area contributed by atoms with Crippen molar-refractivity contribution < 1.29 is 24.9 Å². The predicted molar refractivity (Wildman–Crippen MR) is 148 cm³/mol. The van der Waals surface area contributed by atoms with Crippen molar-refractivity contribution in [2.24, 2.45) is 0 Å². The number of hydrogen-bond acceptors (Lipinski definition) is 5. The Morgan fingerprint density at radius 2 is 1.68 bits per heavy atom. The number of fused-ring (bicyclic) bond motifs is 1. The van der Waals surface area contributed by atoms with Crippen LogP contribution in [0.5, 0.6) is 11.5 Å². The first kappa shape index (κ1) is 27.5.